The van der Waals surface area contributed by atoms with E-state index in [2.05, 4.69) is 56.0 Å². The molecule has 1 aromatic heterocycles. The van der Waals surface area contributed by atoms with Crippen LogP contribution in [0.3, 0.4) is 0 Å². The maximum Gasteiger partial charge on any atom is 0.345 e. The quantitative estimate of drug-likeness (QED) is 0.238. The van der Waals surface area contributed by atoms with Gasteiger partial charge in [0.25, 0.3) is 0 Å². The van der Waals surface area contributed by atoms with Crippen LogP contribution in [-0.2, 0) is 26.1 Å². The Morgan fingerprint density at radius 2 is 1.94 bits per heavy atom. The van der Waals surface area contributed by atoms with Crippen molar-refractivity contribution in [3.05, 3.63) is 52.2 Å². The van der Waals surface area contributed by atoms with Crippen molar-refractivity contribution in [1.29, 1.82) is 0 Å². The number of halogens is 1. The molecule has 0 spiro atoms. The minimum Gasteiger partial charge on any atom is -0.356 e. The van der Waals surface area contributed by atoms with Crippen LogP contribution in [-0.4, -0.2) is 57.9 Å². The number of piperidine rings is 1. The highest BCUT2D eigenvalue weighted by atomic mass is 127. The van der Waals surface area contributed by atoms with Gasteiger partial charge in [-0.05, 0) is 37.7 Å². The van der Waals surface area contributed by atoms with Crippen molar-refractivity contribution in [3.8, 4) is 0 Å². The molecule has 0 radical (unpaired) electrons. The summed E-state index contributed by atoms with van der Waals surface area (Å²) in [4.78, 5) is 19.3. The number of aryl methyl sites for hydroxylation is 2. The van der Waals surface area contributed by atoms with Crippen LogP contribution < -0.4 is 16.3 Å². The summed E-state index contributed by atoms with van der Waals surface area (Å²) in [7, 11) is 1.81. The number of likely N-dealkylation sites (tertiary alicyclic amines) is 1. The fraction of sp³-hybridized carbons (Fsp3) is 0.609. The second kappa shape index (κ2) is 12.4. The van der Waals surface area contributed by atoms with Gasteiger partial charge >= 0.3 is 5.69 Å². The van der Waals surface area contributed by atoms with Crippen molar-refractivity contribution in [2.45, 2.75) is 64.2 Å². The molecule has 0 atom stereocenters. The molecule has 2 aromatic rings. The first kappa shape index (κ1) is 24.8. The standard InChI is InChI=1S/C23H35N7O.HI/c1-24-22(25-13-7-15-30-23(31)29-14-6-5-10-21(29)27-30)26-20-11-16-28(17-12-20)18-19-8-3-2-4-9-19;/h2-4,8-9,20H,5-7,10-18H2,1H3,(H2,24,25,26);1H. The zero-order valence-corrected chi connectivity index (χ0v) is 21.3. The monoisotopic (exact) mass is 553 g/mol. The summed E-state index contributed by atoms with van der Waals surface area (Å²) in [6, 6.07) is 11.1. The number of aromatic nitrogens is 3. The summed E-state index contributed by atoms with van der Waals surface area (Å²) in [5.74, 6) is 1.79. The molecule has 2 N–H and O–H groups in total. The van der Waals surface area contributed by atoms with E-state index in [-0.39, 0.29) is 29.7 Å². The van der Waals surface area contributed by atoms with Gasteiger partial charge in [0, 0.05) is 58.8 Å². The van der Waals surface area contributed by atoms with E-state index in [1.54, 1.807) is 4.68 Å². The maximum atomic E-state index is 12.4. The summed E-state index contributed by atoms with van der Waals surface area (Å²) in [5.41, 5.74) is 1.42. The topological polar surface area (TPSA) is 79.5 Å². The number of aliphatic imine (C=N–C) groups is 1. The summed E-state index contributed by atoms with van der Waals surface area (Å²) in [6.45, 7) is 5.43. The molecule has 0 bridgehead atoms. The van der Waals surface area contributed by atoms with Crippen molar-refractivity contribution in [2.75, 3.05) is 26.7 Å². The fourth-order valence-electron chi connectivity index (χ4n) is 4.49. The molecule has 3 heterocycles. The van der Waals surface area contributed by atoms with Gasteiger partial charge in [-0.25, -0.2) is 9.48 Å². The van der Waals surface area contributed by atoms with E-state index in [1.807, 2.05) is 11.6 Å². The van der Waals surface area contributed by atoms with Gasteiger partial charge in [0.2, 0.25) is 0 Å². The third-order valence-corrected chi connectivity index (χ3v) is 6.27. The summed E-state index contributed by atoms with van der Waals surface area (Å²) < 4.78 is 3.46. The minimum absolute atomic E-state index is 0. The fourth-order valence-corrected chi connectivity index (χ4v) is 4.49. The van der Waals surface area contributed by atoms with Gasteiger partial charge in [0.1, 0.15) is 5.82 Å². The lowest BCUT2D eigenvalue weighted by atomic mass is 10.0. The SMILES string of the molecule is CN=C(NCCCn1nc2n(c1=O)CCCC2)NC1CCN(Cc2ccccc2)CC1.I. The zero-order valence-electron chi connectivity index (χ0n) is 19.0. The average Bonchev–Trinajstić information content (AvgIpc) is 3.13. The second-order valence-corrected chi connectivity index (χ2v) is 8.56. The number of fused-ring (bicyclic) bond motifs is 1. The number of nitrogens with zero attached hydrogens (tertiary/aromatic N) is 5. The predicted octanol–water partition coefficient (Wildman–Crippen LogP) is 2.22. The lowest BCUT2D eigenvalue weighted by molar-refractivity contribution is 0.198. The Balaban J connectivity index is 0.00000289. The third-order valence-electron chi connectivity index (χ3n) is 6.27. The van der Waals surface area contributed by atoms with Crippen LogP contribution in [0.25, 0.3) is 0 Å². The van der Waals surface area contributed by atoms with E-state index in [1.165, 1.54) is 5.56 Å². The van der Waals surface area contributed by atoms with Crippen molar-refractivity contribution in [3.63, 3.8) is 0 Å². The Hall–Kier alpha value is -1.88. The molecule has 1 fully saturated rings. The van der Waals surface area contributed by atoms with E-state index < -0.39 is 0 Å². The highest BCUT2D eigenvalue weighted by Crippen LogP contribution is 2.14. The van der Waals surface area contributed by atoms with Crippen LogP contribution >= 0.6 is 24.0 Å². The first-order chi connectivity index (χ1) is 15.2. The number of rotatable bonds is 7. The van der Waals surface area contributed by atoms with E-state index >= 15 is 0 Å². The average molecular weight is 553 g/mol. The lowest BCUT2D eigenvalue weighted by Crippen LogP contribution is -2.48. The molecule has 1 saturated heterocycles. The molecule has 176 valence electrons. The van der Waals surface area contributed by atoms with Gasteiger partial charge < -0.3 is 10.6 Å². The molecular weight excluding hydrogens is 517 g/mol. The van der Waals surface area contributed by atoms with E-state index in [9.17, 15) is 4.79 Å². The van der Waals surface area contributed by atoms with Crippen LogP contribution in [0.1, 0.15) is 43.5 Å². The number of nitrogens with one attached hydrogen (secondary N) is 2. The molecule has 2 aliphatic heterocycles. The lowest BCUT2D eigenvalue weighted by Gasteiger charge is -2.33. The Bertz CT molecular complexity index is 916. The largest absolute Gasteiger partial charge is 0.356 e. The van der Waals surface area contributed by atoms with Crippen molar-refractivity contribution >= 4 is 29.9 Å². The molecule has 0 saturated carbocycles. The molecule has 8 nitrogen and oxygen atoms in total. The number of benzene rings is 1. The van der Waals surface area contributed by atoms with Gasteiger partial charge in [-0.2, -0.15) is 5.10 Å². The minimum atomic E-state index is 0. The highest BCUT2D eigenvalue weighted by molar-refractivity contribution is 14.0. The van der Waals surface area contributed by atoms with E-state index in [4.69, 9.17) is 0 Å². The van der Waals surface area contributed by atoms with Gasteiger partial charge in [-0.1, -0.05) is 30.3 Å². The number of hydrogen-bond acceptors (Lipinski definition) is 4. The summed E-state index contributed by atoms with van der Waals surface area (Å²) >= 11 is 0. The van der Waals surface area contributed by atoms with Crippen LogP contribution in [0.2, 0.25) is 0 Å². The van der Waals surface area contributed by atoms with E-state index in [0.717, 1.165) is 83.0 Å². The summed E-state index contributed by atoms with van der Waals surface area (Å²) in [6.07, 6.45) is 6.19. The van der Waals surface area contributed by atoms with Crippen molar-refractivity contribution in [1.82, 2.24) is 29.9 Å². The predicted molar refractivity (Wildman–Crippen MR) is 139 cm³/mol. The van der Waals surface area contributed by atoms with Crippen LogP contribution in [0, 0.1) is 0 Å². The molecule has 4 rings (SSSR count). The van der Waals surface area contributed by atoms with Gasteiger partial charge in [0.05, 0.1) is 0 Å². The Morgan fingerprint density at radius 1 is 1.16 bits per heavy atom. The zero-order chi connectivity index (χ0) is 21.5. The van der Waals surface area contributed by atoms with Crippen LogP contribution in [0.5, 0.6) is 0 Å². The molecule has 0 aliphatic carbocycles. The molecule has 9 heteroatoms. The molecule has 0 amide bonds. The van der Waals surface area contributed by atoms with E-state index in [0.29, 0.717) is 12.6 Å². The normalized spacial score (nSPS) is 17.5. The van der Waals surface area contributed by atoms with Gasteiger partial charge in [-0.3, -0.25) is 14.5 Å². The highest BCUT2D eigenvalue weighted by Gasteiger charge is 2.20. The first-order valence-electron chi connectivity index (χ1n) is 11.6. The Morgan fingerprint density at radius 3 is 2.66 bits per heavy atom. The smallest absolute Gasteiger partial charge is 0.345 e. The second-order valence-electron chi connectivity index (χ2n) is 8.56. The number of hydrogen-bond donors (Lipinski definition) is 2. The first-order valence-corrected chi connectivity index (χ1v) is 11.6. The molecule has 0 unspecified atom stereocenters. The molecule has 2 aliphatic rings. The Kier molecular flexibility index (Phi) is 9.58. The molecule has 32 heavy (non-hydrogen) atoms. The van der Waals surface area contributed by atoms with Crippen molar-refractivity contribution < 1.29 is 0 Å². The number of guanidine groups is 1. The molecular formula is C23H36IN7O. The van der Waals surface area contributed by atoms with Gasteiger partial charge in [-0.15, -0.1) is 24.0 Å². The Labute approximate surface area is 207 Å². The van der Waals surface area contributed by atoms with Gasteiger partial charge in [0.15, 0.2) is 5.96 Å². The van der Waals surface area contributed by atoms with Crippen LogP contribution in [0.4, 0.5) is 0 Å². The van der Waals surface area contributed by atoms with Crippen LogP contribution in [0.15, 0.2) is 40.1 Å². The molecule has 1 aromatic carbocycles. The summed E-state index contributed by atoms with van der Waals surface area (Å²) in [5, 5.41) is 11.5. The maximum absolute atomic E-state index is 12.4. The van der Waals surface area contributed by atoms with Crippen molar-refractivity contribution in [2.24, 2.45) is 4.99 Å². The third kappa shape index (κ3) is 6.57.